The van der Waals surface area contributed by atoms with Crippen molar-refractivity contribution in [2.45, 2.75) is 13.5 Å². The van der Waals surface area contributed by atoms with E-state index in [1.165, 1.54) is 24.3 Å². The van der Waals surface area contributed by atoms with Gasteiger partial charge in [-0.3, -0.25) is 14.9 Å². The molecule has 0 unspecified atom stereocenters. The van der Waals surface area contributed by atoms with E-state index >= 15 is 0 Å². The van der Waals surface area contributed by atoms with Gasteiger partial charge in [0.2, 0.25) is 0 Å². The van der Waals surface area contributed by atoms with Gasteiger partial charge in [-0.15, -0.1) is 0 Å². The molecule has 0 aromatic heterocycles. The summed E-state index contributed by atoms with van der Waals surface area (Å²) in [4.78, 5) is 38.9. The first-order chi connectivity index (χ1) is 17.3. The number of hydrogen-bond acceptors (Lipinski definition) is 5. The molecule has 36 heavy (non-hydrogen) atoms. The summed E-state index contributed by atoms with van der Waals surface area (Å²) in [7, 11) is 0. The SMILES string of the molecule is CCOc1cc(/C=C2\C(=O)NC(=O)N(c3ccc(Cl)c(Cl)c3)C2=O)ccc1OCc1ccc(Br)cc1. The Hall–Kier alpha value is -3.33. The monoisotopic (exact) mass is 588 g/mol. The number of halogens is 3. The molecule has 1 heterocycles. The second kappa shape index (κ2) is 11.2. The highest BCUT2D eigenvalue weighted by Gasteiger charge is 2.37. The summed E-state index contributed by atoms with van der Waals surface area (Å²) in [6.45, 7) is 2.55. The second-order valence-electron chi connectivity index (χ2n) is 7.61. The van der Waals surface area contributed by atoms with Crippen LogP contribution in [0.25, 0.3) is 6.08 Å². The van der Waals surface area contributed by atoms with E-state index < -0.39 is 17.8 Å². The Labute approximate surface area is 225 Å². The van der Waals surface area contributed by atoms with E-state index in [-0.39, 0.29) is 21.3 Å². The van der Waals surface area contributed by atoms with E-state index in [0.717, 1.165) is 14.9 Å². The zero-order valence-corrected chi connectivity index (χ0v) is 22.0. The van der Waals surface area contributed by atoms with Gasteiger partial charge in [-0.1, -0.05) is 57.3 Å². The molecule has 1 saturated heterocycles. The van der Waals surface area contributed by atoms with Crippen LogP contribution >= 0.6 is 39.1 Å². The largest absolute Gasteiger partial charge is 0.490 e. The standard InChI is InChI=1S/C26H19BrCl2N2O5/c1-2-35-23-12-16(5-10-22(23)36-14-15-3-6-17(27)7-4-15)11-19-24(32)30-26(34)31(25(19)33)18-8-9-20(28)21(29)13-18/h3-13H,2,14H2,1H3,(H,30,32,34)/b19-11+. The fourth-order valence-corrected chi connectivity index (χ4v) is 3.98. The number of urea groups is 1. The number of nitrogens with one attached hydrogen (secondary N) is 1. The summed E-state index contributed by atoms with van der Waals surface area (Å²) < 4.78 is 12.6. The molecule has 3 aromatic rings. The summed E-state index contributed by atoms with van der Waals surface area (Å²) in [6, 6.07) is 16.2. The van der Waals surface area contributed by atoms with Crippen molar-refractivity contribution in [3.8, 4) is 11.5 Å². The fourth-order valence-electron chi connectivity index (χ4n) is 3.43. The van der Waals surface area contributed by atoms with Gasteiger partial charge in [0.05, 0.1) is 22.3 Å². The maximum atomic E-state index is 13.1. The predicted molar refractivity (Wildman–Crippen MR) is 142 cm³/mol. The van der Waals surface area contributed by atoms with Gasteiger partial charge >= 0.3 is 6.03 Å². The molecular formula is C26H19BrCl2N2O5. The van der Waals surface area contributed by atoms with Crippen LogP contribution in [0.3, 0.4) is 0 Å². The van der Waals surface area contributed by atoms with Crippen LogP contribution in [0.2, 0.25) is 10.0 Å². The minimum Gasteiger partial charge on any atom is -0.490 e. The molecule has 1 aliphatic rings. The second-order valence-corrected chi connectivity index (χ2v) is 9.34. The maximum absolute atomic E-state index is 13.1. The molecule has 0 spiro atoms. The fraction of sp³-hybridized carbons (Fsp3) is 0.115. The van der Waals surface area contributed by atoms with Gasteiger partial charge in [0.15, 0.2) is 11.5 Å². The third-order valence-corrected chi connectivity index (χ3v) is 6.42. The van der Waals surface area contributed by atoms with E-state index in [0.29, 0.717) is 30.3 Å². The Morgan fingerprint density at radius 2 is 1.67 bits per heavy atom. The van der Waals surface area contributed by atoms with E-state index in [1.807, 2.05) is 31.2 Å². The number of nitrogens with zero attached hydrogens (tertiary/aromatic N) is 1. The Kier molecular flexibility index (Phi) is 7.98. The highest BCUT2D eigenvalue weighted by Crippen LogP contribution is 2.32. The number of carbonyl (C=O) groups excluding carboxylic acids is 3. The first-order valence-corrected chi connectivity index (χ1v) is 12.3. The molecule has 3 aromatic carbocycles. The molecule has 10 heteroatoms. The van der Waals surface area contributed by atoms with Crippen LogP contribution in [-0.2, 0) is 16.2 Å². The smallest absolute Gasteiger partial charge is 0.335 e. The lowest BCUT2D eigenvalue weighted by molar-refractivity contribution is -0.122. The molecule has 4 amide bonds. The lowest BCUT2D eigenvalue weighted by Crippen LogP contribution is -2.54. The van der Waals surface area contributed by atoms with Crippen LogP contribution in [0.4, 0.5) is 10.5 Å². The van der Waals surface area contributed by atoms with E-state index in [4.69, 9.17) is 32.7 Å². The molecule has 0 radical (unpaired) electrons. The van der Waals surface area contributed by atoms with Crippen LogP contribution in [0.1, 0.15) is 18.1 Å². The number of carbonyl (C=O) groups is 3. The van der Waals surface area contributed by atoms with Crippen molar-refractivity contribution >= 4 is 68.7 Å². The van der Waals surface area contributed by atoms with Crippen LogP contribution in [0.5, 0.6) is 11.5 Å². The molecule has 0 bridgehead atoms. The van der Waals surface area contributed by atoms with Crippen molar-refractivity contribution in [2.75, 3.05) is 11.5 Å². The number of rotatable bonds is 7. The number of amides is 4. The van der Waals surface area contributed by atoms with Crippen molar-refractivity contribution in [2.24, 2.45) is 0 Å². The number of imide groups is 2. The number of anilines is 1. The lowest BCUT2D eigenvalue weighted by Gasteiger charge is -2.26. The molecule has 4 rings (SSSR count). The van der Waals surface area contributed by atoms with E-state index in [2.05, 4.69) is 21.2 Å². The molecule has 0 aliphatic carbocycles. The van der Waals surface area contributed by atoms with Gasteiger partial charge in [0.1, 0.15) is 12.2 Å². The minimum atomic E-state index is -0.882. The molecule has 0 atom stereocenters. The van der Waals surface area contributed by atoms with Crippen molar-refractivity contribution in [3.63, 3.8) is 0 Å². The molecule has 7 nitrogen and oxygen atoms in total. The first-order valence-electron chi connectivity index (χ1n) is 10.8. The molecule has 0 saturated carbocycles. The average molecular weight is 590 g/mol. The Morgan fingerprint density at radius 1 is 0.917 bits per heavy atom. The van der Waals surface area contributed by atoms with Gasteiger partial charge in [0, 0.05) is 4.47 Å². The van der Waals surface area contributed by atoms with Crippen molar-refractivity contribution in [3.05, 3.63) is 91.9 Å². The molecular weight excluding hydrogens is 571 g/mol. The van der Waals surface area contributed by atoms with Crippen LogP contribution < -0.4 is 19.7 Å². The van der Waals surface area contributed by atoms with Gasteiger partial charge in [-0.05, 0) is 66.6 Å². The third kappa shape index (κ3) is 5.73. The lowest BCUT2D eigenvalue weighted by atomic mass is 10.1. The highest BCUT2D eigenvalue weighted by atomic mass is 79.9. The van der Waals surface area contributed by atoms with Gasteiger partial charge in [0.25, 0.3) is 11.8 Å². The molecule has 1 aliphatic heterocycles. The van der Waals surface area contributed by atoms with Crippen molar-refractivity contribution in [1.82, 2.24) is 5.32 Å². The Balaban J connectivity index is 1.61. The zero-order chi connectivity index (χ0) is 25.8. The molecule has 1 N–H and O–H groups in total. The van der Waals surface area contributed by atoms with E-state index in [1.54, 1.807) is 18.2 Å². The summed E-state index contributed by atoms with van der Waals surface area (Å²) in [6.07, 6.45) is 1.38. The maximum Gasteiger partial charge on any atom is 0.335 e. The topological polar surface area (TPSA) is 84.9 Å². The average Bonchev–Trinajstić information content (AvgIpc) is 2.84. The minimum absolute atomic E-state index is 0.164. The molecule has 184 valence electrons. The van der Waals surface area contributed by atoms with Crippen LogP contribution in [0, 0.1) is 0 Å². The zero-order valence-electron chi connectivity index (χ0n) is 18.9. The van der Waals surface area contributed by atoms with Gasteiger partial charge in [-0.2, -0.15) is 0 Å². The van der Waals surface area contributed by atoms with Crippen molar-refractivity contribution in [1.29, 1.82) is 0 Å². The third-order valence-electron chi connectivity index (χ3n) is 5.15. The summed E-state index contributed by atoms with van der Waals surface area (Å²) in [5.41, 5.74) is 1.43. The normalized spacial score (nSPS) is 14.7. The quantitative estimate of drug-likeness (QED) is 0.255. The summed E-state index contributed by atoms with van der Waals surface area (Å²) in [5.74, 6) is -0.649. The molecule has 1 fully saturated rings. The first kappa shape index (κ1) is 25.8. The highest BCUT2D eigenvalue weighted by molar-refractivity contribution is 9.10. The predicted octanol–water partition coefficient (Wildman–Crippen LogP) is 6.40. The van der Waals surface area contributed by atoms with Crippen LogP contribution in [0.15, 0.2) is 70.7 Å². The number of ether oxygens (including phenoxy) is 2. The van der Waals surface area contributed by atoms with Gasteiger partial charge in [-0.25, -0.2) is 9.69 Å². The summed E-state index contributed by atoms with van der Waals surface area (Å²) in [5, 5.41) is 2.61. The Bertz CT molecular complexity index is 1380. The van der Waals surface area contributed by atoms with Crippen molar-refractivity contribution < 1.29 is 23.9 Å². The van der Waals surface area contributed by atoms with Gasteiger partial charge < -0.3 is 9.47 Å². The summed E-state index contributed by atoms with van der Waals surface area (Å²) >= 11 is 15.4. The number of barbiturate groups is 1. The van der Waals surface area contributed by atoms with E-state index in [9.17, 15) is 14.4 Å². The number of hydrogen-bond donors (Lipinski definition) is 1. The van der Waals surface area contributed by atoms with Crippen LogP contribution in [-0.4, -0.2) is 24.5 Å². The Morgan fingerprint density at radius 3 is 2.36 bits per heavy atom. The number of benzene rings is 3.